The van der Waals surface area contributed by atoms with E-state index in [0.29, 0.717) is 10.6 Å². The topological polar surface area (TPSA) is 55.1 Å². The van der Waals surface area contributed by atoms with Crippen molar-refractivity contribution in [2.45, 2.75) is 25.3 Å². The van der Waals surface area contributed by atoms with Crippen LogP contribution in [-0.2, 0) is 0 Å². The number of carbonyl (C=O) groups excluding carboxylic acids is 1. The average Bonchev–Trinajstić information content (AvgIpc) is 2.66. The molecule has 0 saturated heterocycles. The Hall–Kier alpha value is -1.29. The molecule has 1 aromatic rings. The van der Waals surface area contributed by atoms with E-state index in [1.807, 2.05) is 5.38 Å². The predicted octanol–water partition coefficient (Wildman–Crippen LogP) is 2.17. The molecule has 1 aromatic heterocycles. The molecule has 1 aliphatic rings. The number of allylic oxidation sites excluding steroid dienone is 1. The van der Waals surface area contributed by atoms with Gasteiger partial charge in [0, 0.05) is 6.04 Å². The molecule has 0 saturated carbocycles. The van der Waals surface area contributed by atoms with E-state index in [1.54, 1.807) is 6.07 Å². The van der Waals surface area contributed by atoms with E-state index >= 15 is 0 Å². The zero-order valence-corrected chi connectivity index (χ0v) is 9.22. The van der Waals surface area contributed by atoms with E-state index in [-0.39, 0.29) is 11.9 Å². The second-order valence-corrected chi connectivity index (χ2v) is 4.58. The van der Waals surface area contributed by atoms with Gasteiger partial charge < -0.3 is 11.1 Å². The molecule has 0 radical (unpaired) electrons. The summed E-state index contributed by atoms with van der Waals surface area (Å²) < 4.78 is 0. The first-order chi connectivity index (χ1) is 7.27. The zero-order valence-electron chi connectivity index (χ0n) is 8.40. The number of carbonyl (C=O) groups is 1. The zero-order chi connectivity index (χ0) is 10.7. The number of anilines is 1. The Morgan fingerprint density at radius 2 is 2.40 bits per heavy atom. The first kappa shape index (κ1) is 10.2. The number of hydrogen-bond acceptors (Lipinski definition) is 3. The summed E-state index contributed by atoms with van der Waals surface area (Å²) in [7, 11) is 0. The van der Waals surface area contributed by atoms with E-state index in [2.05, 4.69) is 17.5 Å². The highest BCUT2D eigenvalue weighted by molar-refractivity contribution is 7.12. The molecule has 0 bridgehead atoms. The van der Waals surface area contributed by atoms with E-state index in [1.165, 1.54) is 11.3 Å². The first-order valence-electron chi connectivity index (χ1n) is 5.06. The normalized spacial score (nSPS) is 20.1. The summed E-state index contributed by atoms with van der Waals surface area (Å²) in [5, 5.41) is 4.84. The number of amides is 1. The van der Waals surface area contributed by atoms with E-state index in [4.69, 9.17) is 5.73 Å². The Bertz CT molecular complexity index is 384. The fourth-order valence-electron chi connectivity index (χ4n) is 1.68. The van der Waals surface area contributed by atoms with Gasteiger partial charge in [-0.1, -0.05) is 12.2 Å². The standard InChI is InChI=1S/C11H14N2OS/c12-9-6-7-15-10(9)11(14)13-8-4-2-1-3-5-8/h1-2,6-8H,3-5,12H2,(H,13,14). The summed E-state index contributed by atoms with van der Waals surface area (Å²) >= 11 is 1.39. The van der Waals surface area contributed by atoms with Gasteiger partial charge in [-0.05, 0) is 30.7 Å². The lowest BCUT2D eigenvalue weighted by Gasteiger charge is -2.18. The lowest BCUT2D eigenvalue weighted by Crippen LogP contribution is -2.35. The summed E-state index contributed by atoms with van der Waals surface area (Å²) in [6.07, 6.45) is 7.27. The SMILES string of the molecule is Nc1ccsc1C(=O)NC1CC=CCC1. The molecule has 3 N–H and O–H groups in total. The van der Waals surface area contributed by atoms with E-state index in [0.717, 1.165) is 19.3 Å². The van der Waals surface area contributed by atoms with Crippen LogP contribution in [0.25, 0.3) is 0 Å². The summed E-state index contributed by atoms with van der Waals surface area (Å²) in [5.74, 6) is -0.0391. The maximum atomic E-state index is 11.8. The molecule has 1 atom stereocenters. The van der Waals surface area contributed by atoms with Gasteiger partial charge in [-0.3, -0.25) is 4.79 Å². The maximum absolute atomic E-state index is 11.8. The second-order valence-electron chi connectivity index (χ2n) is 3.66. The van der Waals surface area contributed by atoms with Crippen LogP contribution in [0.5, 0.6) is 0 Å². The molecule has 80 valence electrons. The van der Waals surface area contributed by atoms with Gasteiger partial charge in [-0.2, -0.15) is 0 Å². The molecular weight excluding hydrogens is 208 g/mol. The minimum Gasteiger partial charge on any atom is -0.397 e. The maximum Gasteiger partial charge on any atom is 0.263 e. The molecule has 4 heteroatoms. The van der Waals surface area contributed by atoms with Crippen molar-refractivity contribution in [3.63, 3.8) is 0 Å². The van der Waals surface area contributed by atoms with Crippen molar-refractivity contribution in [3.8, 4) is 0 Å². The number of nitrogens with two attached hydrogens (primary N) is 1. The Labute approximate surface area is 93.0 Å². The average molecular weight is 222 g/mol. The van der Waals surface area contributed by atoms with Crippen LogP contribution in [0, 0.1) is 0 Å². The number of thiophene rings is 1. The van der Waals surface area contributed by atoms with Gasteiger partial charge in [-0.15, -0.1) is 11.3 Å². The van der Waals surface area contributed by atoms with Crippen molar-refractivity contribution in [1.29, 1.82) is 0 Å². The Kier molecular flexibility index (Phi) is 3.06. The van der Waals surface area contributed by atoms with Crippen LogP contribution in [0.2, 0.25) is 0 Å². The summed E-state index contributed by atoms with van der Waals surface area (Å²) in [4.78, 5) is 12.4. The summed E-state index contributed by atoms with van der Waals surface area (Å²) in [6, 6.07) is 2.03. The van der Waals surface area contributed by atoms with Crippen LogP contribution in [-0.4, -0.2) is 11.9 Å². The van der Waals surface area contributed by atoms with Gasteiger partial charge in [0.25, 0.3) is 5.91 Å². The van der Waals surface area contributed by atoms with Gasteiger partial charge in [0.15, 0.2) is 0 Å². The number of nitrogen functional groups attached to an aromatic ring is 1. The third kappa shape index (κ3) is 2.39. The molecule has 0 fully saturated rings. The van der Waals surface area contributed by atoms with Gasteiger partial charge in [0.05, 0.1) is 5.69 Å². The Balaban J connectivity index is 1.98. The van der Waals surface area contributed by atoms with E-state index < -0.39 is 0 Å². The highest BCUT2D eigenvalue weighted by Gasteiger charge is 2.16. The predicted molar refractivity (Wildman–Crippen MR) is 63.0 cm³/mol. The third-order valence-electron chi connectivity index (χ3n) is 2.51. The molecule has 1 amide bonds. The van der Waals surface area contributed by atoms with Crippen LogP contribution in [0.3, 0.4) is 0 Å². The molecule has 2 rings (SSSR count). The van der Waals surface area contributed by atoms with Crippen molar-refractivity contribution >= 4 is 22.9 Å². The van der Waals surface area contributed by atoms with Crippen LogP contribution in [0.15, 0.2) is 23.6 Å². The molecular formula is C11H14N2OS. The molecule has 0 spiro atoms. The summed E-state index contributed by atoms with van der Waals surface area (Å²) in [6.45, 7) is 0. The smallest absolute Gasteiger partial charge is 0.263 e. The minimum atomic E-state index is -0.0391. The van der Waals surface area contributed by atoms with Crippen molar-refractivity contribution in [2.75, 3.05) is 5.73 Å². The fraction of sp³-hybridized carbons (Fsp3) is 0.364. The third-order valence-corrected chi connectivity index (χ3v) is 3.44. The molecule has 3 nitrogen and oxygen atoms in total. The van der Waals surface area contributed by atoms with Gasteiger partial charge in [-0.25, -0.2) is 0 Å². The molecule has 1 heterocycles. The molecule has 0 aliphatic heterocycles. The fourth-order valence-corrected chi connectivity index (χ4v) is 2.40. The highest BCUT2D eigenvalue weighted by atomic mass is 32.1. The Morgan fingerprint density at radius 1 is 1.53 bits per heavy atom. The molecule has 1 aliphatic carbocycles. The lowest BCUT2D eigenvalue weighted by atomic mass is 10.0. The number of hydrogen-bond donors (Lipinski definition) is 2. The van der Waals surface area contributed by atoms with Crippen molar-refractivity contribution in [3.05, 3.63) is 28.5 Å². The monoisotopic (exact) mass is 222 g/mol. The molecule has 15 heavy (non-hydrogen) atoms. The number of nitrogens with one attached hydrogen (secondary N) is 1. The first-order valence-corrected chi connectivity index (χ1v) is 5.94. The minimum absolute atomic E-state index is 0.0391. The molecule has 1 unspecified atom stereocenters. The van der Waals surface area contributed by atoms with Crippen LogP contribution in [0.1, 0.15) is 28.9 Å². The van der Waals surface area contributed by atoms with Gasteiger partial charge >= 0.3 is 0 Å². The van der Waals surface area contributed by atoms with Gasteiger partial charge in [0.2, 0.25) is 0 Å². The van der Waals surface area contributed by atoms with Crippen LogP contribution < -0.4 is 11.1 Å². The van der Waals surface area contributed by atoms with Gasteiger partial charge in [0.1, 0.15) is 4.88 Å². The second kappa shape index (κ2) is 4.49. The van der Waals surface area contributed by atoms with Crippen molar-refractivity contribution in [2.24, 2.45) is 0 Å². The molecule has 0 aromatic carbocycles. The quantitative estimate of drug-likeness (QED) is 0.753. The summed E-state index contributed by atoms with van der Waals surface area (Å²) in [5.41, 5.74) is 6.26. The van der Waals surface area contributed by atoms with Crippen molar-refractivity contribution in [1.82, 2.24) is 5.32 Å². The Morgan fingerprint density at radius 3 is 3.00 bits per heavy atom. The van der Waals surface area contributed by atoms with Crippen LogP contribution in [0.4, 0.5) is 5.69 Å². The van der Waals surface area contributed by atoms with Crippen molar-refractivity contribution < 1.29 is 4.79 Å². The lowest BCUT2D eigenvalue weighted by molar-refractivity contribution is 0.0939. The van der Waals surface area contributed by atoms with E-state index in [9.17, 15) is 4.79 Å². The highest BCUT2D eigenvalue weighted by Crippen LogP contribution is 2.19. The van der Waals surface area contributed by atoms with Crippen LogP contribution >= 0.6 is 11.3 Å². The number of rotatable bonds is 2. The largest absolute Gasteiger partial charge is 0.397 e.